The Hall–Kier alpha value is -3.24. The lowest BCUT2D eigenvalue weighted by atomic mass is 10.1. The van der Waals surface area contributed by atoms with Gasteiger partial charge in [-0.1, -0.05) is 41.0 Å². The summed E-state index contributed by atoms with van der Waals surface area (Å²) in [4.78, 5) is 23.8. The molecule has 1 amide bonds. The minimum Gasteiger partial charge on any atom is -0.478 e. The first-order valence-corrected chi connectivity index (χ1v) is 9.31. The van der Waals surface area contributed by atoms with E-state index in [2.05, 4.69) is 9.68 Å². The van der Waals surface area contributed by atoms with E-state index >= 15 is 0 Å². The van der Waals surface area contributed by atoms with Crippen LogP contribution in [0.3, 0.4) is 0 Å². The summed E-state index contributed by atoms with van der Waals surface area (Å²) < 4.78 is 4.46. The molecule has 3 rings (SSSR count). The molecule has 1 unspecified atom stereocenters. The molecule has 2 aromatic carbocycles. The van der Waals surface area contributed by atoms with Crippen LogP contribution >= 0.6 is 0 Å². The predicted molar refractivity (Wildman–Crippen MR) is 99.6 cm³/mol. The number of nitriles is 1. The van der Waals surface area contributed by atoms with E-state index < -0.39 is 11.9 Å². The Morgan fingerprint density at radius 2 is 2.00 bits per heavy atom. The minimum absolute atomic E-state index is 0.126. The lowest BCUT2D eigenvalue weighted by Crippen LogP contribution is -2.15. The number of nitrogens with zero attached hydrogens (tertiary/aromatic N) is 2. The molecule has 0 saturated heterocycles. The molecule has 0 bridgehead atoms. The van der Waals surface area contributed by atoms with Crippen molar-refractivity contribution >= 4 is 28.3 Å². The molecule has 1 aliphatic rings. The molecule has 2 N–H and O–H groups in total. The van der Waals surface area contributed by atoms with Crippen LogP contribution in [-0.4, -0.2) is 22.7 Å². The first-order chi connectivity index (χ1) is 12.6. The van der Waals surface area contributed by atoms with Crippen molar-refractivity contribution in [2.75, 3.05) is 11.1 Å². The number of hydrogen-bond donors (Lipinski definition) is 2. The van der Waals surface area contributed by atoms with Crippen molar-refractivity contribution in [1.29, 1.82) is 5.26 Å². The van der Waals surface area contributed by atoms with Crippen LogP contribution in [0.4, 0.5) is 5.69 Å². The molecule has 0 aliphatic carbocycles. The molecule has 6 nitrogen and oxygen atoms in total. The van der Waals surface area contributed by atoms with Crippen molar-refractivity contribution in [2.24, 2.45) is 4.36 Å². The molecule has 7 heteroatoms. The van der Waals surface area contributed by atoms with Crippen LogP contribution in [0.1, 0.15) is 21.5 Å². The van der Waals surface area contributed by atoms with Crippen LogP contribution < -0.4 is 5.32 Å². The summed E-state index contributed by atoms with van der Waals surface area (Å²) >= 11 is 0. The van der Waals surface area contributed by atoms with Gasteiger partial charge in [-0.15, -0.1) is 0 Å². The number of carbonyl (C=O) groups excluding carboxylic acids is 1. The molecule has 26 heavy (non-hydrogen) atoms. The quantitative estimate of drug-likeness (QED) is 0.850. The SMILES string of the molecule is N#Cc1ccc(NC(=O)C2=CCS(Cc3ccccc3)=N2)c(C(=O)O)c1. The van der Waals surface area contributed by atoms with Gasteiger partial charge in [-0.2, -0.15) is 5.26 Å². The second-order valence-electron chi connectivity index (χ2n) is 5.57. The van der Waals surface area contributed by atoms with E-state index in [0.717, 1.165) is 11.3 Å². The minimum atomic E-state index is -1.21. The number of benzene rings is 2. The highest BCUT2D eigenvalue weighted by Gasteiger charge is 2.18. The zero-order chi connectivity index (χ0) is 18.5. The molecule has 1 heterocycles. The Balaban J connectivity index is 1.73. The van der Waals surface area contributed by atoms with E-state index in [9.17, 15) is 14.7 Å². The average Bonchev–Trinajstić information content (AvgIpc) is 3.11. The van der Waals surface area contributed by atoms with Gasteiger partial charge in [0.05, 0.1) is 22.9 Å². The van der Waals surface area contributed by atoms with Gasteiger partial charge in [0.25, 0.3) is 5.91 Å². The van der Waals surface area contributed by atoms with Gasteiger partial charge in [0, 0.05) is 11.5 Å². The fourth-order valence-corrected chi connectivity index (χ4v) is 4.09. The number of rotatable bonds is 5. The van der Waals surface area contributed by atoms with Gasteiger partial charge < -0.3 is 10.4 Å². The molecule has 1 atom stereocenters. The van der Waals surface area contributed by atoms with Crippen molar-refractivity contribution in [3.63, 3.8) is 0 Å². The van der Waals surface area contributed by atoms with Gasteiger partial charge in [0.1, 0.15) is 5.70 Å². The summed E-state index contributed by atoms with van der Waals surface area (Å²) in [7, 11) is -0.294. The molecule has 1 aliphatic heterocycles. The number of amides is 1. The number of carboxylic acid groups (broad SMARTS) is 1. The van der Waals surface area contributed by atoms with Crippen LogP contribution in [0.2, 0.25) is 0 Å². The molecule has 2 aromatic rings. The Labute approximate surface area is 152 Å². The number of carboxylic acids is 1. The van der Waals surface area contributed by atoms with Gasteiger partial charge in [0.2, 0.25) is 0 Å². The highest BCUT2D eigenvalue weighted by Crippen LogP contribution is 2.21. The van der Waals surface area contributed by atoms with E-state index in [1.54, 1.807) is 6.08 Å². The molecule has 0 saturated carbocycles. The number of anilines is 1. The monoisotopic (exact) mass is 365 g/mol. The fourth-order valence-electron chi connectivity index (χ4n) is 2.47. The topological polar surface area (TPSA) is 103 Å². The zero-order valence-corrected chi connectivity index (χ0v) is 14.5. The Kier molecular flexibility index (Phi) is 5.25. The Morgan fingerprint density at radius 1 is 1.23 bits per heavy atom. The van der Waals surface area contributed by atoms with E-state index in [4.69, 9.17) is 5.26 Å². The molecular formula is C19H15N3O3S. The number of carbonyl (C=O) groups is 2. The first-order valence-electron chi connectivity index (χ1n) is 7.79. The van der Waals surface area contributed by atoms with Crippen molar-refractivity contribution in [3.05, 3.63) is 77.0 Å². The van der Waals surface area contributed by atoms with Crippen LogP contribution in [0.25, 0.3) is 0 Å². The van der Waals surface area contributed by atoms with E-state index in [1.165, 1.54) is 18.2 Å². The second-order valence-corrected chi connectivity index (χ2v) is 7.30. The maximum Gasteiger partial charge on any atom is 0.337 e. The fraction of sp³-hybridized carbons (Fsp3) is 0.105. The summed E-state index contributed by atoms with van der Waals surface area (Å²) in [5.74, 6) is -0.193. The zero-order valence-electron chi connectivity index (χ0n) is 13.7. The van der Waals surface area contributed by atoms with Crippen molar-refractivity contribution in [3.8, 4) is 6.07 Å². The van der Waals surface area contributed by atoms with Crippen LogP contribution in [0, 0.1) is 11.3 Å². The summed E-state index contributed by atoms with van der Waals surface area (Å²) in [5.41, 5.74) is 1.71. The lowest BCUT2D eigenvalue weighted by Gasteiger charge is -2.08. The van der Waals surface area contributed by atoms with Crippen LogP contribution in [0.15, 0.2) is 64.7 Å². The van der Waals surface area contributed by atoms with Gasteiger partial charge in [-0.25, -0.2) is 9.16 Å². The Morgan fingerprint density at radius 3 is 2.69 bits per heavy atom. The summed E-state index contributed by atoms with van der Waals surface area (Å²) in [5, 5.41) is 20.7. The standard InChI is InChI=1S/C19H15N3O3S/c20-11-14-6-7-16(15(10-14)19(24)25)21-18(23)17-8-9-26(22-17)12-13-4-2-1-3-5-13/h1-8,10H,9,12H2,(H,21,23)(H,24,25). The second kappa shape index (κ2) is 7.76. The molecule has 0 fully saturated rings. The summed E-state index contributed by atoms with van der Waals surface area (Å²) in [6, 6.07) is 15.9. The third-order valence-corrected chi connectivity index (χ3v) is 5.41. The molecule has 0 radical (unpaired) electrons. The van der Waals surface area contributed by atoms with Gasteiger partial charge in [0.15, 0.2) is 0 Å². The number of aromatic carboxylic acids is 1. The highest BCUT2D eigenvalue weighted by atomic mass is 32.2. The number of nitrogens with one attached hydrogen (secondary N) is 1. The van der Waals surface area contributed by atoms with E-state index in [1.807, 2.05) is 36.4 Å². The predicted octanol–water partition coefficient (Wildman–Crippen LogP) is 3.09. The van der Waals surface area contributed by atoms with E-state index in [0.29, 0.717) is 11.4 Å². The normalized spacial score (nSPS) is 15.5. The molecule has 0 spiro atoms. The first kappa shape index (κ1) is 17.6. The number of hydrogen-bond acceptors (Lipinski definition) is 4. The van der Waals surface area contributed by atoms with E-state index in [-0.39, 0.29) is 27.5 Å². The van der Waals surface area contributed by atoms with Crippen molar-refractivity contribution < 1.29 is 14.7 Å². The third-order valence-electron chi connectivity index (χ3n) is 3.73. The van der Waals surface area contributed by atoms with Gasteiger partial charge in [-0.3, -0.25) is 4.79 Å². The molecule has 0 aromatic heterocycles. The average molecular weight is 365 g/mol. The highest BCUT2D eigenvalue weighted by molar-refractivity contribution is 7.86. The van der Waals surface area contributed by atoms with Crippen LogP contribution in [0.5, 0.6) is 0 Å². The summed E-state index contributed by atoms with van der Waals surface area (Å²) in [6.45, 7) is 0. The Bertz CT molecular complexity index is 975. The van der Waals surface area contributed by atoms with Crippen LogP contribution in [-0.2, 0) is 21.2 Å². The largest absolute Gasteiger partial charge is 0.478 e. The molecule has 130 valence electrons. The maximum atomic E-state index is 12.4. The smallest absolute Gasteiger partial charge is 0.337 e. The maximum absolute atomic E-state index is 12.4. The molecular weight excluding hydrogens is 350 g/mol. The van der Waals surface area contributed by atoms with Gasteiger partial charge in [-0.05, 0) is 29.8 Å². The summed E-state index contributed by atoms with van der Waals surface area (Å²) in [6.07, 6.45) is 1.77. The van der Waals surface area contributed by atoms with Crippen molar-refractivity contribution in [2.45, 2.75) is 5.75 Å². The lowest BCUT2D eigenvalue weighted by molar-refractivity contribution is -0.112. The van der Waals surface area contributed by atoms with Gasteiger partial charge >= 0.3 is 5.97 Å². The van der Waals surface area contributed by atoms with Crippen molar-refractivity contribution in [1.82, 2.24) is 0 Å². The third kappa shape index (κ3) is 4.05.